The summed E-state index contributed by atoms with van der Waals surface area (Å²) < 4.78 is 49.8. The molecule has 1 fully saturated rings. The lowest BCUT2D eigenvalue weighted by Crippen LogP contribution is -2.61. The molecule has 7 heteroatoms. The van der Waals surface area contributed by atoms with Crippen LogP contribution in [0.4, 0.5) is 13.2 Å². The zero-order valence-corrected chi connectivity index (χ0v) is 10.5. The van der Waals surface area contributed by atoms with E-state index >= 15 is 0 Å². The Morgan fingerprint density at radius 1 is 1.20 bits per heavy atom. The topological polar surface area (TPSA) is 58.9 Å². The number of ether oxygens (including phenoxy) is 2. The zero-order valence-electron chi connectivity index (χ0n) is 10.5. The van der Waals surface area contributed by atoms with Gasteiger partial charge in [0.05, 0.1) is 13.2 Å². The molecule has 1 aliphatic heterocycles. The third-order valence-corrected chi connectivity index (χ3v) is 3.08. The van der Waals surface area contributed by atoms with Gasteiger partial charge in [-0.25, -0.2) is 13.2 Å². The smallest absolute Gasteiger partial charge is 0.304 e. The lowest BCUT2D eigenvalue weighted by atomic mass is 9.99. The van der Waals surface area contributed by atoms with Crippen LogP contribution in [0.2, 0.25) is 0 Å². The number of hydrogen-bond donors (Lipinski definition) is 2. The molecule has 0 amide bonds. The minimum absolute atomic E-state index is 0.0715. The van der Waals surface area contributed by atoms with Gasteiger partial charge in [-0.1, -0.05) is 30.3 Å². The highest BCUT2D eigenvalue weighted by molar-refractivity contribution is 5.13. The summed E-state index contributed by atoms with van der Waals surface area (Å²) in [6.45, 7) is -0.495. The molecule has 0 unspecified atom stereocenters. The van der Waals surface area contributed by atoms with Gasteiger partial charge in [0.1, 0.15) is 0 Å². The van der Waals surface area contributed by atoms with Gasteiger partial charge in [-0.3, -0.25) is 0 Å². The van der Waals surface area contributed by atoms with Crippen LogP contribution in [-0.2, 0) is 16.1 Å². The Morgan fingerprint density at radius 2 is 1.85 bits per heavy atom. The first-order chi connectivity index (χ1) is 9.43. The Kier molecular flexibility index (Phi) is 4.64. The van der Waals surface area contributed by atoms with Crippen molar-refractivity contribution in [2.45, 2.75) is 37.2 Å². The number of hydrogen-bond acceptors (Lipinski definition) is 4. The van der Waals surface area contributed by atoms with Crippen LogP contribution in [0.15, 0.2) is 30.3 Å². The van der Waals surface area contributed by atoms with Crippen LogP contribution in [0.25, 0.3) is 0 Å². The van der Waals surface area contributed by atoms with Gasteiger partial charge in [0.2, 0.25) is 0 Å². The molecule has 1 saturated heterocycles. The van der Waals surface area contributed by atoms with Gasteiger partial charge in [-0.15, -0.1) is 0 Å². The van der Waals surface area contributed by atoms with Crippen LogP contribution < -0.4 is 0 Å². The van der Waals surface area contributed by atoms with E-state index in [0.717, 1.165) is 5.56 Å². The molecule has 0 spiro atoms. The molecule has 1 aliphatic rings. The standard InChI is InChI=1S/C13H15F3O4/c14-10-11(17)13(15,16)9(20-12(10)18)7-19-6-8-4-2-1-3-5-8/h1-5,9-12,17-18H,6-7H2/t9-,10-,11-,12+/m0/s1. The molecule has 0 aromatic heterocycles. The van der Waals surface area contributed by atoms with E-state index in [4.69, 9.17) is 14.9 Å². The molecule has 4 atom stereocenters. The quantitative estimate of drug-likeness (QED) is 0.877. The largest absolute Gasteiger partial charge is 0.383 e. The van der Waals surface area contributed by atoms with Crippen molar-refractivity contribution in [3.8, 4) is 0 Å². The van der Waals surface area contributed by atoms with Crippen LogP contribution in [-0.4, -0.2) is 47.4 Å². The van der Waals surface area contributed by atoms with E-state index in [1.165, 1.54) is 0 Å². The zero-order chi connectivity index (χ0) is 14.8. The van der Waals surface area contributed by atoms with E-state index < -0.39 is 37.2 Å². The highest BCUT2D eigenvalue weighted by Gasteiger charge is 2.58. The fourth-order valence-corrected chi connectivity index (χ4v) is 1.90. The first kappa shape index (κ1) is 15.2. The molecule has 1 heterocycles. The Balaban J connectivity index is 1.91. The molecule has 0 saturated carbocycles. The van der Waals surface area contributed by atoms with Crippen molar-refractivity contribution in [2.75, 3.05) is 6.61 Å². The summed E-state index contributed by atoms with van der Waals surface area (Å²) in [5.41, 5.74) is 0.774. The first-order valence-electron chi connectivity index (χ1n) is 6.08. The lowest BCUT2D eigenvalue weighted by Gasteiger charge is -2.39. The Bertz CT molecular complexity index is 429. The van der Waals surface area contributed by atoms with Gasteiger partial charge in [-0.2, -0.15) is 0 Å². The monoisotopic (exact) mass is 292 g/mol. The minimum Gasteiger partial charge on any atom is -0.383 e. The van der Waals surface area contributed by atoms with Crippen molar-refractivity contribution < 1.29 is 32.9 Å². The maximum atomic E-state index is 13.6. The number of halogens is 3. The summed E-state index contributed by atoms with van der Waals surface area (Å²) in [5.74, 6) is -3.82. The molecule has 1 aromatic rings. The molecule has 0 radical (unpaired) electrons. The van der Waals surface area contributed by atoms with Crippen molar-refractivity contribution in [2.24, 2.45) is 0 Å². The molecule has 20 heavy (non-hydrogen) atoms. The van der Waals surface area contributed by atoms with Crippen molar-refractivity contribution in [3.63, 3.8) is 0 Å². The Labute approximate surface area is 113 Å². The van der Waals surface area contributed by atoms with Crippen molar-refractivity contribution >= 4 is 0 Å². The van der Waals surface area contributed by atoms with E-state index in [-0.39, 0.29) is 6.61 Å². The van der Waals surface area contributed by atoms with E-state index in [1.807, 2.05) is 0 Å². The molecule has 112 valence electrons. The summed E-state index contributed by atoms with van der Waals surface area (Å²) >= 11 is 0. The number of aliphatic hydroxyl groups is 2. The highest BCUT2D eigenvalue weighted by atomic mass is 19.3. The Hall–Kier alpha value is -1.15. The van der Waals surface area contributed by atoms with Crippen LogP contribution in [0.1, 0.15) is 5.56 Å². The molecular formula is C13H15F3O4. The van der Waals surface area contributed by atoms with Gasteiger partial charge in [-0.05, 0) is 5.56 Å². The summed E-state index contributed by atoms with van der Waals surface area (Å²) in [7, 11) is 0. The predicted octanol–water partition coefficient (Wildman–Crippen LogP) is 1.25. The van der Waals surface area contributed by atoms with Gasteiger partial charge in [0.25, 0.3) is 0 Å². The molecule has 1 aromatic carbocycles. The molecule has 2 rings (SSSR count). The molecule has 4 nitrogen and oxygen atoms in total. The number of alkyl halides is 3. The number of aliphatic hydroxyl groups excluding tert-OH is 2. The van der Waals surface area contributed by atoms with Crippen LogP contribution in [0.5, 0.6) is 0 Å². The predicted molar refractivity (Wildman–Crippen MR) is 62.8 cm³/mol. The second-order valence-electron chi connectivity index (χ2n) is 4.58. The van der Waals surface area contributed by atoms with Crippen molar-refractivity contribution in [1.82, 2.24) is 0 Å². The Morgan fingerprint density at radius 3 is 2.50 bits per heavy atom. The highest BCUT2D eigenvalue weighted by Crippen LogP contribution is 2.35. The van der Waals surface area contributed by atoms with Gasteiger partial charge >= 0.3 is 5.92 Å². The second kappa shape index (κ2) is 6.09. The summed E-state index contributed by atoms with van der Waals surface area (Å²) in [4.78, 5) is 0. The van der Waals surface area contributed by atoms with Crippen molar-refractivity contribution in [1.29, 1.82) is 0 Å². The minimum atomic E-state index is -3.82. The van der Waals surface area contributed by atoms with E-state index in [9.17, 15) is 13.2 Å². The maximum Gasteiger partial charge on any atom is 0.304 e. The van der Waals surface area contributed by atoms with E-state index in [0.29, 0.717) is 0 Å². The molecular weight excluding hydrogens is 277 g/mol. The fraction of sp³-hybridized carbons (Fsp3) is 0.538. The SMILES string of the molecule is O[C@@H]1O[C@@H](COCc2ccccc2)C(F)(F)[C@@H](O)[C@@H]1F. The van der Waals surface area contributed by atoms with E-state index in [2.05, 4.69) is 4.74 Å². The normalized spacial score (nSPS) is 33.0. The number of benzene rings is 1. The molecule has 2 N–H and O–H groups in total. The van der Waals surface area contributed by atoms with Gasteiger partial charge < -0.3 is 19.7 Å². The van der Waals surface area contributed by atoms with Crippen LogP contribution >= 0.6 is 0 Å². The first-order valence-corrected chi connectivity index (χ1v) is 6.08. The van der Waals surface area contributed by atoms with E-state index in [1.54, 1.807) is 30.3 Å². The third kappa shape index (κ3) is 3.12. The number of rotatable bonds is 4. The maximum absolute atomic E-state index is 13.6. The average Bonchev–Trinajstić information content (AvgIpc) is 2.44. The second-order valence-corrected chi connectivity index (χ2v) is 4.58. The van der Waals surface area contributed by atoms with Crippen molar-refractivity contribution in [3.05, 3.63) is 35.9 Å². The summed E-state index contributed by atoms with van der Waals surface area (Å²) in [6.07, 6.45) is -9.15. The lowest BCUT2D eigenvalue weighted by molar-refractivity contribution is -0.325. The average molecular weight is 292 g/mol. The third-order valence-electron chi connectivity index (χ3n) is 3.08. The fourth-order valence-electron chi connectivity index (χ4n) is 1.90. The van der Waals surface area contributed by atoms with Crippen LogP contribution in [0.3, 0.4) is 0 Å². The van der Waals surface area contributed by atoms with Gasteiger partial charge in [0.15, 0.2) is 24.7 Å². The van der Waals surface area contributed by atoms with Crippen LogP contribution in [0, 0.1) is 0 Å². The summed E-state index contributed by atoms with van der Waals surface area (Å²) in [5, 5.41) is 18.3. The van der Waals surface area contributed by atoms with Gasteiger partial charge in [0, 0.05) is 0 Å². The summed E-state index contributed by atoms with van der Waals surface area (Å²) in [6, 6.07) is 8.84. The molecule has 0 aliphatic carbocycles. The molecule has 0 bridgehead atoms.